The lowest BCUT2D eigenvalue weighted by Crippen LogP contribution is -1.90. The lowest BCUT2D eigenvalue weighted by molar-refractivity contribution is -0.383. The Kier molecular flexibility index (Phi) is 2.28. The predicted molar refractivity (Wildman–Crippen MR) is 55.6 cm³/mol. The van der Waals surface area contributed by atoms with Gasteiger partial charge in [0.1, 0.15) is 5.82 Å². The summed E-state index contributed by atoms with van der Waals surface area (Å²) in [5, 5.41) is 11.3. The maximum atomic E-state index is 13.1. The van der Waals surface area contributed by atoms with Gasteiger partial charge >= 0.3 is 0 Å². The van der Waals surface area contributed by atoms with Crippen molar-refractivity contribution in [3.8, 4) is 0 Å². The molecule has 2 rings (SSSR count). The Labute approximate surface area is 89.2 Å². The zero-order valence-electron chi connectivity index (χ0n) is 7.41. The second-order valence-corrected chi connectivity index (χ2v) is 3.37. The van der Waals surface area contributed by atoms with Crippen molar-refractivity contribution < 1.29 is 9.31 Å². The lowest BCUT2D eigenvalue weighted by atomic mass is 10.1. The largest absolute Gasteiger partial charge is 0.277 e. The minimum atomic E-state index is -0.579. The average molecular weight is 226 g/mol. The molecule has 0 radical (unpaired) electrons. The average Bonchev–Trinajstić information content (AvgIpc) is 2.23. The van der Waals surface area contributed by atoms with Gasteiger partial charge in [-0.1, -0.05) is 23.7 Å². The molecule has 0 N–H and O–H groups in total. The molecule has 15 heavy (non-hydrogen) atoms. The van der Waals surface area contributed by atoms with Crippen LogP contribution >= 0.6 is 11.6 Å². The Hall–Kier alpha value is -1.68. The summed E-state index contributed by atoms with van der Waals surface area (Å²) in [5.74, 6) is -0.579. The van der Waals surface area contributed by atoms with Gasteiger partial charge in [0, 0.05) is 11.5 Å². The topological polar surface area (TPSA) is 43.1 Å². The van der Waals surface area contributed by atoms with E-state index in [2.05, 4.69) is 0 Å². The fraction of sp³-hybridized carbons (Fsp3) is 0. The van der Waals surface area contributed by atoms with Crippen LogP contribution in [-0.4, -0.2) is 4.92 Å². The summed E-state index contributed by atoms with van der Waals surface area (Å²) in [4.78, 5) is 10.2. The zero-order valence-corrected chi connectivity index (χ0v) is 8.16. The predicted octanol–water partition coefficient (Wildman–Crippen LogP) is 3.54. The normalized spacial score (nSPS) is 10.5. The summed E-state index contributed by atoms with van der Waals surface area (Å²) < 4.78 is 13.1. The molecular formula is C10H5ClFNO2. The molecule has 0 unspecified atom stereocenters. The van der Waals surface area contributed by atoms with Crippen LogP contribution in [0.2, 0.25) is 5.02 Å². The Morgan fingerprint density at radius 1 is 1.20 bits per heavy atom. The van der Waals surface area contributed by atoms with Crippen molar-refractivity contribution >= 4 is 28.1 Å². The first-order chi connectivity index (χ1) is 7.11. The summed E-state index contributed by atoms with van der Waals surface area (Å²) in [5.41, 5.74) is -0.0746. The number of hydrogen-bond donors (Lipinski definition) is 0. The Bertz CT molecular complexity index is 556. The van der Waals surface area contributed by atoms with Gasteiger partial charge in [-0.2, -0.15) is 0 Å². The van der Waals surface area contributed by atoms with E-state index in [1.807, 2.05) is 0 Å². The van der Waals surface area contributed by atoms with Crippen molar-refractivity contribution in [3.05, 3.63) is 51.3 Å². The van der Waals surface area contributed by atoms with Crippen LogP contribution in [0, 0.1) is 15.9 Å². The first-order valence-corrected chi connectivity index (χ1v) is 4.50. The molecule has 0 bridgehead atoms. The molecule has 2 aromatic rings. The molecule has 0 fully saturated rings. The van der Waals surface area contributed by atoms with Crippen molar-refractivity contribution in [1.82, 2.24) is 0 Å². The highest BCUT2D eigenvalue weighted by Crippen LogP contribution is 2.31. The fourth-order valence-electron chi connectivity index (χ4n) is 1.44. The monoisotopic (exact) mass is 225 g/mol. The maximum absolute atomic E-state index is 13.1. The second-order valence-electron chi connectivity index (χ2n) is 2.99. The zero-order chi connectivity index (χ0) is 11.0. The molecule has 76 valence electrons. The highest BCUT2D eigenvalue weighted by molar-refractivity contribution is 6.35. The van der Waals surface area contributed by atoms with Gasteiger partial charge in [0.05, 0.1) is 15.3 Å². The molecule has 0 saturated carbocycles. The van der Waals surface area contributed by atoms with Gasteiger partial charge in [-0.25, -0.2) is 4.39 Å². The number of nitro groups is 1. The van der Waals surface area contributed by atoms with Crippen LogP contribution in [0.5, 0.6) is 0 Å². The van der Waals surface area contributed by atoms with Crippen molar-refractivity contribution in [2.45, 2.75) is 0 Å². The Balaban J connectivity index is 2.89. The van der Waals surface area contributed by atoms with E-state index < -0.39 is 10.7 Å². The van der Waals surface area contributed by atoms with Gasteiger partial charge in [0.2, 0.25) is 0 Å². The lowest BCUT2D eigenvalue weighted by Gasteiger charge is -2.01. The van der Waals surface area contributed by atoms with Gasteiger partial charge in [-0.3, -0.25) is 10.1 Å². The quantitative estimate of drug-likeness (QED) is 0.550. The molecule has 0 aliphatic rings. The molecule has 0 heterocycles. The van der Waals surface area contributed by atoms with Crippen LogP contribution in [0.3, 0.4) is 0 Å². The van der Waals surface area contributed by atoms with E-state index in [9.17, 15) is 14.5 Å². The minimum absolute atomic E-state index is 0.0746. The third-order valence-corrected chi connectivity index (χ3v) is 2.51. The molecule has 3 nitrogen and oxygen atoms in total. The number of rotatable bonds is 1. The van der Waals surface area contributed by atoms with E-state index in [0.717, 1.165) is 6.07 Å². The fourth-order valence-corrected chi connectivity index (χ4v) is 1.66. The van der Waals surface area contributed by atoms with E-state index in [0.29, 0.717) is 10.8 Å². The molecule has 0 saturated heterocycles. The molecule has 0 amide bonds. The third-order valence-electron chi connectivity index (χ3n) is 2.12. The summed E-state index contributed by atoms with van der Waals surface area (Å²) in [7, 11) is 0. The minimum Gasteiger partial charge on any atom is -0.258 e. The van der Waals surface area contributed by atoms with Crippen molar-refractivity contribution in [3.63, 3.8) is 0 Å². The molecule has 0 spiro atoms. The third kappa shape index (κ3) is 1.53. The van der Waals surface area contributed by atoms with E-state index >= 15 is 0 Å². The number of benzene rings is 2. The van der Waals surface area contributed by atoms with Gasteiger partial charge in [0.25, 0.3) is 5.69 Å². The molecule has 0 aromatic heterocycles. The molecule has 2 aromatic carbocycles. The van der Waals surface area contributed by atoms with Gasteiger partial charge < -0.3 is 0 Å². The maximum Gasteiger partial charge on any atom is 0.277 e. The van der Waals surface area contributed by atoms with Crippen molar-refractivity contribution in [2.24, 2.45) is 0 Å². The number of hydrogen-bond acceptors (Lipinski definition) is 2. The van der Waals surface area contributed by atoms with E-state index in [4.69, 9.17) is 11.6 Å². The van der Waals surface area contributed by atoms with Gasteiger partial charge in [-0.05, 0) is 12.1 Å². The number of fused-ring (bicyclic) bond motifs is 1. The van der Waals surface area contributed by atoms with Crippen LogP contribution in [0.1, 0.15) is 0 Å². The van der Waals surface area contributed by atoms with E-state index in [1.165, 1.54) is 18.2 Å². The SMILES string of the molecule is O=[N+]([O-])c1cccc2c(Cl)c(F)ccc12. The van der Waals surface area contributed by atoms with E-state index in [-0.39, 0.29) is 10.7 Å². The molecular weight excluding hydrogens is 221 g/mol. The highest BCUT2D eigenvalue weighted by Gasteiger charge is 2.14. The molecule has 0 aliphatic carbocycles. The molecule has 5 heteroatoms. The first-order valence-electron chi connectivity index (χ1n) is 4.12. The van der Waals surface area contributed by atoms with Crippen molar-refractivity contribution in [2.75, 3.05) is 0 Å². The number of nitrogens with zero attached hydrogens (tertiary/aromatic N) is 1. The van der Waals surface area contributed by atoms with Gasteiger partial charge in [-0.15, -0.1) is 0 Å². The number of nitro benzene ring substituents is 1. The number of non-ortho nitro benzene ring substituents is 1. The summed E-state index contributed by atoms with van der Waals surface area (Å²) in [6.45, 7) is 0. The highest BCUT2D eigenvalue weighted by atomic mass is 35.5. The standard InChI is InChI=1S/C10H5ClFNO2/c11-10-7-2-1-3-9(13(14)15)6(7)4-5-8(10)12/h1-5H. The van der Waals surface area contributed by atoms with Gasteiger partial charge in [0.15, 0.2) is 0 Å². The number of halogens is 2. The van der Waals surface area contributed by atoms with Crippen LogP contribution in [0.4, 0.5) is 10.1 Å². The smallest absolute Gasteiger partial charge is 0.258 e. The Morgan fingerprint density at radius 2 is 1.93 bits per heavy atom. The van der Waals surface area contributed by atoms with Crippen LogP contribution in [-0.2, 0) is 0 Å². The second kappa shape index (κ2) is 3.47. The summed E-state index contributed by atoms with van der Waals surface area (Å²) >= 11 is 5.71. The molecule has 0 aliphatic heterocycles. The summed E-state index contributed by atoms with van der Waals surface area (Å²) in [6, 6.07) is 6.86. The first kappa shape index (κ1) is 9.86. The summed E-state index contributed by atoms with van der Waals surface area (Å²) in [6.07, 6.45) is 0. The van der Waals surface area contributed by atoms with Crippen LogP contribution in [0.15, 0.2) is 30.3 Å². The van der Waals surface area contributed by atoms with Crippen molar-refractivity contribution in [1.29, 1.82) is 0 Å². The molecule has 0 atom stereocenters. The van der Waals surface area contributed by atoms with Crippen LogP contribution < -0.4 is 0 Å². The van der Waals surface area contributed by atoms with E-state index in [1.54, 1.807) is 6.07 Å². The Morgan fingerprint density at radius 3 is 2.60 bits per heavy atom. The van der Waals surface area contributed by atoms with Crippen LogP contribution in [0.25, 0.3) is 10.8 Å².